The number of aromatic nitrogens is 4. The first-order valence-electron chi connectivity index (χ1n) is 13.0. The van der Waals surface area contributed by atoms with Gasteiger partial charge in [0.1, 0.15) is 5.82 Å². The summed E-state index contributed by atoms with van der Waals surface area (Å²) in [7, 11) is 4.34. The highest BCUT2D eigenvalue weighted by Crippen LogP contribution is 2.54. The van der Waals surface area contributed by atoms with E-state index in [0.29, 0.717) is 12.0 Å². The number of nitrogens with zero attached hydrogens (tertiary/aromatic N) is 6. The molecule has 7 nitrogen and oxygen atoms in total. The van der Waals surface area contributed by atoms with Crippen molar-refractivity contribution in [3.8, 4) is 11.1 Å². The van der Waals surface area contributed by atoms with E-state index in [1.54, 1.807) is 0 Å². The Labute approximate surface area is 213 Å². The third-order valence-corrected chi connectivity index (χ3v) is 8.31. The minimum absolute atomic E-state index is 0.194. The first-order chi connectivity index (χ1) is 17.3. The van der Waals surface area contributed by atoms with Gasteiger partial charge in [-0.25, -0.2) is 15.0 Å². The SMILES string of the molecule is CN(C)C1CCN(c2ccc(Nc3ncc4c(n3)C3(C=CC(C)(C)CC3)c3cnccc3-4)cn2)CC1. The molecule has 0 saturated carbocycles. The minimum Gasteiger partial charge on any atom is -0.357 e. The highest BCUT2D eigenvalue weighted by atomic mass is 15.2. The van der Waals surface area contributed by atoms with Gasteiger partial charge in [0.25, 0.3) is 0 Å². The second kappa shape index (κ2) is 8.66. The first-order valence-corrected chi connectivity index (χ1v) is 13.0. The maximum atomic E-state index is 5.08. The summed E-state index contributed by atoms with van der Waals surface area (Å²) in [5.74, 6) is 1.64. The predicted octanol–water partition coefficient (Wildman–Crippen LogP) is 5.18. The van der Waals surface area contributed by atoms with E-state index in [9.17, 15) is 0 Å². The molecule has 1 unspecified atom stereocenters. The van der Waals surface area contributed by atoms with E-state index in [1.807, 2.05) is 24.8 Å². The fraction of sp³-hybridized carbons (Fsp3) is 0.448. The van der Waals surface area contributed by atoms with Gasteiger partial charge in [-0.2, -0.15) is 0 Å². The van der Waals surface area contributed by atoms with Crippen LogP contribution in [-0.2, 0) is 5.41 Å². The van der Waals surface area contributed by atoms with Crippen LogP contribution in [0.1, 0.15) is 50.8 Å². The van der Waals surface area contributed by atoms with Gasteiger partial charge >= 0.3 is 0 Å². The Morgan fingerprint density at radius 2 is 1.78 bits per heavy atom. The van der Waals surface area contributed by atoms with Crippen molar-refractivity contribution < 1.29 is 0 Å². The van der Waals surface area contributed by atoms with E-state index >= 15 is 0 Å². The lowest BCUT2D eigenvalue weighted by Gasteiger charge is -2.36. The van der Waals surface area contributed by atoms with Crippen molar-refractivity contribution in [3.05, 3.63) is 66.4 Å². The maximum absolute atomic E-state index is 5.08. The second-order valence-corrected chi connectivity index (χ2v) is 11.4. The highest BCUT2D eigenvalue weighted by molar-refractivity contribution is 5.80. The molecule has 0 bridgehead atoms. The summed E-state index contributed by atoms with van der Waals surface area (Å²) in [4.78, 5) is 23.7. The molecule has 1 N–H and O–H groups in total. The minimum atomic E-state index is -0.241. The molecule has 7 heteroatoms. The molecule has 1 saturated heterocycles. The Morgan fingerprint density at radius 1 is 0.944 bits per heavy atom. The van der Waals surface area contributed by atoms with Gasteiger partial charge in [0.15, 0.2) is 0 Å². The van der Waals surface area contributed by atoms with Crippen molar-refractivity contribution in [2.24, 2.45) is 5.41 Å². The van der Waals surface area contributed by atoms with Crippen LogP contribution in [0.15, 0.2) is 55.1 Å². The number of fused-ring (bicyclic) bond motifs is 5. The average molecular weight is 482 g/mol. The number of allylic oxidation sites excluding steroid dienone is 2. The zero-order valence-electron chi connectivity index (χ0n) is 21.7. The van der Waals surface area contributed by atoms with E-state index < -0.39 is 0 Å². The smallest absolute Gasteiger partial charge is 0.227 e. The lowest BCUT2D eigenvalue weighted by atomic mass is 9.67. The number of hydrogen-bond acceptors (Lipinski definition) is 7. The molecular formula is C29H35N7. The standard InChI is InChI=1S/C29H35N7/c1-28(2)10-12-29(13-11-28)24-19-30-14-7-22(24)23-18-32-27(34-26(23)29)33-20-5-6-25(31-17-20)36-15-8-21(9-16-36)35(3)4/h5-7,10,12,14,17-19,21H,8-9,11,13,15-16H2,1-4H3,(H,32,33,34). The molecule has 36 heavy (non-hydrogen) atoms. The van der Waals surface area contributed by atoms with Crippen LogP contribution in [-0.4, -0.2) is 58.1 Å². The van der Waals surface area contributed by atoms with Crippen LogP contribution in [0.5, 0.6) is 0 Å². The van der Waals surface area contributed by atoms with Gasteiger partial charge in [-0.3, -0.25) is 4.98 Å². The lowest BCUT2D eigenvalue weighted by molar-refractivity contribution is 0.249. The largest absolute Gasteiger partial charge is 0.357 e. The van der Waals surface area contributed by atoms with Crippen molar-refractivity contribution in [1.29, 1.82) is 0 Å². The molecule has 1 atom stereocenters. The Bertz CT molecular complexity index is 1290. The maximum Gasteiger partial charge on any atom is 0.227 e. The zero-order valence-corrected chi connectivity index (χ0v) is 21.7. The summed E-state index contributed by atoms with van der Waals surface area (Å²) in [6.07, 6.45) is 16.9. The highest BCUT2D eigenvalue weighted by Gasteiger charge is 2.46. The van der Waals surface area contributed by atoms with Crippen molar-refractivity contribution in [2.75, 3.05) is 37.4 Å². The van der Waals surface area contributed by atoms with Crippen LogP contribution in [0.25, 0.3) is 11.1 Å². The number of anilines is 3. The first kappa shape index (κ1) is 23.1. The van der Waals surface area contributed by atoms with E-state index in [4.69, 9.17) is 9.97 Å². The fourth-order valence-corrected chi connectivity index (χ4v) is 5.95. The molecule has 186 valence electrons. The van der Waals surface area contributed by atoms with E-state index in [1.165, 1.54) is 24.0 Å². The van der Waals surface area contributed by atoms with Crippen molar-refractivity contribution in [2.45, 2.75) is 51.0 Å². The second-order valence-electron chi connectivity index (χ2n) is 11.4. The fourth-order valence-electron chi connectivity index (χ4n) is 5.95. The Hall–Kier alpha value is -3.32. The summed E-state index contributed by atoms with van der Waals surface area (Å²) in [6, 6.07) is 6.93. The van der Waals surface area contributed by atoms with Gasteiger partial charge < -0.3 is 15.1 Å². The summed E-state index contributed by atoms with van der Waals surface area (Å²) in [5, 5.41) is 3.40. The molecule has 3 aliphatic rings. The van der Waals surface area contributed by atoms with Gasteiger partial charge in [0, 0.05) is 43.3 Å². The molecular weight excluding hydrogens is 446 g/mol. The van der Waals surface area contributed by atoms with E-state index in [-0.39, 0.29) is 10.8 Å². The third kappa shape index (κ3) is 3.95. The van der Waals surface area contributed by atoms with Gasteiger partial charge in [0.2, 0.25) is 5.95 Å². The van der Waals surface area contributed by atoms with Gasteiger partial charge in [-0.05, 0) is 74.5 Å². The van der Waals surface area contributed by atoms with Crippen LogP contribution in [0.4, 0.5) is 17.5 Å². The summed E-state index contributed by atoms with van der Waals surface area (Å²) in [5.41, 5.74) is 5.46. The molecule has 4 heterocycles. The number of pyridine rings is 2. The van der Waals surface area contributed by atoms with Crippen LogP contribution in [0, 0.1) is 5.41 Å². The van der Waals surface area contributed by atoms with Crippen molar-refractivity contribution in [3.63, 3.8) is 0 Å². The molecule has 3 aromatic rings. The molecule has 2 aliphatic carbocycles. The molecule has 1 aliphatic heterocycles. The molecule has 3 aromatic heterocycles. The van der Waals surface area contributed by atoms with Crippen molar-refractivity contribution >= 4 is 17.5 Å². The number of piperidine rings is 1. The Morgan fingerprint density at radius 3 is 2.47 bits per heavy atom. The van der Waals surface area contributed by atoms with Gasteiger partial charge in [-0.15, -0.1) is 0 Å². The van der Waals surface area contributed by atoms with Gasteiger partial charge in [0.05, 0.1) is 23.0 Å². The van der Waals surface area contributed by atoms with Crippen LogP contribution >= 0.6 is 0 Å². The third-order valence-electron chi connectivity index (χ3n) is 8.31. The molecule has 1 spiro atoms. The van der Waals surface area contributed by atoms with Crippen LogP contribution in [0.3, 0.4) is 0 Å². The average Bonchev–Trinajstić information content (AvgIpc) is 3.16. The molecule has 0 amide bonds. The van der Waals surface area contributed by atoms with Gasteiger partial charge in [-0.1, -0.05) is 26.0 Å². The monoisotopic (exact) mass is 481 g/mol. The Balaban J connectivity index is 1.25. The predicted molar refractivity (Wildman–Crippen MR) is 145 cm³/mol. The normalized spacial score (nSPS) is 22.6. The van der Waals surface area contributed by atoms with E-state index in [2.05, 4.69) is 83.4 Å². The molecule has 6 rings (SSSR count). The van der Waals surface area contributed by atoms with E-state index in [0.717, 1.165) is 48.7 Å². The topological polar surface area (TPSA) is 70.1 Å². The summed E-state index contributed by atoms with van der Waals surface area (Å²) in [6.45, 7) is 6.67. The quantitative estimate of drug-likeness (QED) is 0.515. The Kier molecular flexibility index (Phi) is 5.56. The van der Waals surface area contributed by atoms with Crippen molar-refractivity contribution in [1.82, 2.24) is 24.8 Å². The lowest BCUT2D eigenvalue weighted by Crippen LogP contribution is -2.42. The number of hydrogen-bond donors (Lipinski definition) is 1. The van der Waals surface area contributed by atoms with Crippen LogP contribution in [0.2, 0.25) is 0 Å². The number of rotatable bonds is 4. The summed E-state index contributed by atoms with van der Waals surface area (Å²) < 4.78 is 0. The zero-order chi connectivity index (χ0) is 24.9. The molecule has 0 aromatic carbocycles. The molecule has 0 radical (unpaired) electrons. The number of nitrogens with one attached hydrogen (secondary N) is 1. The summed E-state index contributed by atoms with van der Waals surface area (Å²) >= 11 is 0. The molecule has 1 fully saturated rings. The van der Waals surface area contributed by atoms with Crippen LogP contribution < -0.4 is 10.2 Å².